The van der Waals surface area contributed by atoms with Gasteiger partial charge in [0.2, 0.25) is 0 Å². The van der Waals surface area contributed by atoms with Crippen LogP contribution in [-0.2, 0) is 6.42 Å². The molecule has 0 aliphatic rings. The topological polar surface area (TPSA) is 56.1 Å². The van der Waals surface area contributed by atoms with E-state index in [1.165, 1.54) is 0 Å². The molecule has 0 heterocycles. The van der Waals surface area contributed by atoms with Gasteiger partial charge in [-0.1, -0.05) is 26.0 Å². The summed E-state index contributed by atoms with van der Waals surface area (Å²) in [5.41, 5.74) is 1.59. The number of carbonyl (C=O) groups excluding carboxylic acids is 1. The van der Waals surface area contributed by atoms with Gasteiger partial charge in [-0.3, -0.25) is 4.79 Å². The first-order valence-corrected chi connectivity index (χ1v) is 7.67. The Bertz CT molecular complexity index is 458. The van der Waals surface area contributed by atoms with Crippen molar-refractivity contribution < 1.29 is 4.79 Å². The number of nitriles is 1. The van der Waals surface area contributed by atoms with Crippen molar-refractivity contribution >= 4 is 5.91 Å². The molecule has 1 N–H and O–H groups in total. The number of hydrogen-bond donors (Lipinski definition) is 1. The summed E-state index contributed by atoms with van der Waals surface area (Å²) in [6.45, 7) is 8.30. The molecule has 1 aromatic rings. The largest absolute Gasteiger partial charge is 0.352 e. The first-order chi connectivity index (χ1) is 10.2. The smallest absolute Gasteiger partial charge is 0.251 e. The van der Waals surface area contributed by atoms with Crippen LogP contribution in [0.2, 0.25) is 0 Å². The molecule has 0 fully saturated rings. The summed E-state index contributed by atoms with van der Waals surface area (Å²) in [5, 5.41) is 11.5. The van der Waals surface area contributed by atoms with Crippen LogP contribution in [0.4, 0.5) is 0 Å². The Morgan fingerprint density at radius 3 is 2.43 bits per heavy atom. The molecule has 0 bridgehead atoms. The van der Waals surface area contributed by atoms with E-state index in [2.05, 4.69) is 30.1 Å². The lowest BCUT2D eigenvalue weighted by molar-refractivity contribution is 0.0952. The average Bonchev–Trinajstić information content (AvgIpc) is 2.52. The van der Waals surface area contributed by atoms with Crippen LogP contribution in [-0.4, -0.2) is 37.0 Å². The normalized spacial score (nSPS) is 10.4. The van der Waals surface area contributed by atoms with E-state index in [-0.39, 0.29) is 5.91 Å². The third-order valence-electron chi connectivity index (χ3n) is 3.58. The molecular weight excluding hydrogens is 262 g/mol. The number of benzene rings is 1. The van der Waals surface area contributed by atoms with Crippen molar-refractivity contribution in [2.24, 2.45) is 0 Å². The summed E-state index contributed by atoms with van der Waals surface area (Å²) in [7, 11) is 0. The maximum Gasteiger partial charge on any atom is 0.251 e. The fraction of sp³-hybridized carbons (Fsp3) is 0.529. The van der Waals surface area contributed by atoms with Gasteiger partial charge in [-0.2, -0.15) is 5.26 Å². The first kappa shape index (κ1) is 17.2. The van der Waals surface area contributed by atoms with Crippen LogP contribution in [0, 0.1) is 11.3 Å². The molecule has 0 saturated carbocycles. The van der Waals surface area contributed by atoms with Gasteiger partial charge in [-0.15, -0.1) is 0 Å². The third kappa shape index (κ3) is 6.42. The Morgan fingerprint density at radius 1 is 1.19 bits per heavy atom. The van der Waals surface area contributed by atoms with Gasteiger partial charge in [-0.25, -0.2) is 0 Å². The van der Waals surface area contributed by atoms with Gasteiger partial charge < -0.3 is 10.2 Å². The monoisotopic (exact) mass is 287 g/mol. The summed E-state index contributed by atoms with van der Waals surface area (Å²) < 4.78 is 0. The van der Waals surface area contributed by atoms with Crippen LogP contribution in [0.3, 0.4) is 0 Å². The molecule has 1 amide bonds. The molecule has 21 heavy (non-hydrogen) atoms. The van der Waals surface area contributed by atoms with Crippen molar-refractivity contribution in [3.05, 3.63) is 35.4 Å². The molecule has 4 heteroatoms. The second-order valence-corrected chi connectivity index (χ2v) is 5.02. The Hall–Kier alpha value is -1.86. The number of nitrogens with zero attached hydrogens (tertiary/aromatic N) is 2. The standard InChI is InChI=1S/C17H25N3O/c1-3-20(4-2)14-6-5-13-19-17(21)16-9-7-15(8-10-16)11-12-18/h7-10H,3-6,11,13-14H2,1-2H3,(H,19,21). The van der Waals surface area contributed by atoms with Crippen molar-refractivity contribution in [2.75, 3.05) is 26.2 Å². The lowest BCUT2D eigenvalue weighted by Crippen LogP contribution is -2.27. The molecule has 1 rings (SSSR count). The van der Waals surface area contributed by atoms with E-state index in [4.69, 9.17) is 5.26 Å². The minimum absolute atomic E-state index is 0.0404. The highest BCUT2D eigenvalue weighted by atomic mass is 16.1. The summed E-state index contributed by atoms with van der Waals surface area (Å²) in [5.74, 6) is -0.0404. The van der Waals surface area contributed by atoms with Crippen LogP contribution >= 0.6 is 0 Å². The van der Waals surface area contributed by atoms with Crippen LogP contribution < -0.4 is 5.32 Å². The van der Waals surface area contributed by atoms with Crippen molar-refractivity contribution in [1.29, 1.82) is 5.26 Å². The van der Waals surface area contributed by atoms with E-state index in [1.807, 2.05) is 12.1 Å². The van der Waals surface area contributed by atoms with Crippen LogP contribution in [0.5, 0.6) is 0 Å². The molecule has 0 aliphatic heterocycles. The summed E-state index contributed by atoms with van der Waals surface area (Å²) in [6, 6.07) is 9.31. The molecular formula is C17H25N3O. The number of rotatable bonds is 9. The lowest BCUT2D eigenvalue weighted by Gasteiger charge is -2.17. The minimum Gasteiger partial charge on any atom is -0.352 e. The zero-order valence-electron chi connectivity index (χ0n) is 13.1. The lowest BCUT2D eigenvalue weighted by atomic mass is 10.1. The summed E-state index contributed by atoms with van der Waals surface area (Å²) in [4.78, 5) is 14.3. The summed E-state index contributed by atoms with van der Waals surface area (Å²) >= 11 is 0. The van der Waals surface area contributed by atoms with Crippen molar-refractivity contribution in [2.45, 2.75) is 33.1 Å². The Morgan fingerprint density at radius 2 is 1.86 bits per heavy atom. The van der Waals surface area contributed by atoms with Gasteiger partial charge in [0.1, 0.15) is 0 Å². The first-order valence-electron chi connectivity index (χ1n) is 7.67. The molecule has 0 aromatic heterocycles. The average molecular weight is 287 g/mol. The molecule has 0 atom stereocenters. The van der Waals surface area contributed by atoms with Gasteiger partial charge in [-0.05, 0) is 50.2 Å². The predicted octanol–water partition coefficient (Wildman–Crippen LogP) is 2.60. The van der Waals surface area contributed by atoms with E-state index in [1.54, 1.807) is 12.1 Å². The van der Waals surface area contributed by atoms with Gasteiger partial charge in [0, 0.05) is 12.1 Å². The van der Waals surface area contributed by atoms with Gasteiger partial charge in [0.15, 0.2) is 0 Å². The van der Waals surface area contributed by atoms with Gasteiger partial charge >= 0.3 is 0 Å². The minimum atomic E-state index is -0.0404. The molecule has 0 radical (unpaired) electrons. The predicted molar refractivity (Wildman–Crippen MR) is 85.1 cm³/mol. The van der Waals surface area contributed by atoms with Crippen molar-refractivity contribution in [3.63, 3.8) is 0 Å². The molecule has 4 nitrogen and oxygen atoms in total. The van der Waals surface area contributed by atoms with E-state index in [9.17, 15) is 4.79 Å². The van der Waals surface area contributed by atoms with Gasteiger partial charge in [0.25, 0.3) is 5.91 Å². The second-order valence-electron chi connectivity index (χ2n) is 5.02. The number of amides is 1. The number of carbonyl (C=O) groups is 1. The van der Waals surface area contributed by atoms with Crippen LogP contribution in [0.25, 0.3) is 0 Å². The fourth-order valence-corrected chi connectivity index (χ4v) is 2.17. The molecule has 0 unspecified atom stereocenters. The Balaban J connectivity index is 2.26. The Labute approximate surface area is 127 Å². The molecule has 0 aliphatic carbocycles. The van der Waals surface area contributed by atoms with Crippen LogP contribution in [0.1, 0.15) is 42.6 Å². The number of nitrogens with one attached hydrogen (secondary N) is 1. The van der Waals surface area contributed by atoms with E-state index >= 15 is 0 Å². The quantitative estimate of drug-likeness (QED) is 0.710. The maximum atomic E-state index is 11.9. The van der Waals surface area contributed by atoms with Gasteiger partial charge in [0.05, 0.1) is 12.5 Å². The molecule has 0 spiro atoms. The second kappa shape index (κ2) is 9.95. The highest BCUT2D eigenvalue weighted by molar-refractivity contribution is 5.94. The highest BCUT2D eigenvalue weighted by Crippen LogP contribution is 2.05. The summed E-state index contributed by atoms with van der Waals surface area (Å²) in [6.07, 6.45) is 2.48. The molecule has 1 aromatic carbocycles. The fourth-order valence-electron chi connectivity index (χ4n) is 2.17. The number of unbranched alkanes of at least 4 members (excludes halogenated alkanes) is 1. The van der Waals surface area contributed by atoms with E-state index in [0.717, 1.165) is 38.0 Å². The SMILES string of the molecule is CCN(CC)CCCCNC(=O)c1ccc(CC#N)cc1. The maximum absolute atomic E-state index is 11.9. The molecule has 114 valence electrons. The third-order valence-corrected chi connectivity index (χ3v) is 3.58. The van der Waals surface area contributed by atoms with Crippen molar-refractivity contribution in [1.82, 2.24) is 10.2 Å². The van der Waals surface area contributed by atoms with E-state index < -0.39 is 0 Å². The number of hydrogen-bond acceptors (Lipinski definition) is 3. The zero-order valence-corrected chi connectivity index (χ0v) is 13.1. The van der Waals surface area contributed by atoms with E-state index in [0.29, 0.717) is 18.5 Å². The highest BCUT2D eigenvalue weighted by Gasteiger charge is 2.05. The van der Waals surface area contributed by atoms with Crippen LogP contribution in [0.15, 0.2) is 24.3 Å². The Kier molecular flexibility index (Phi) is 8.15. The zero-order chi connectivity index (χ0) is 15.5. The molecule has 0 saturated heterocycles. The van der Waals surface area contributed by atoms with Crippen molar-refractivity contribution in [3.8, 4) is 6.07 Å².